The number of carbonyl (C=O) groups is 1. The predicted molar refractivity (Wildman–Crippen MR) is 137 cm³/mol. The molecular weight excluding hydrogens is 474 g/mol. The highest BCUT2D eigenvalue weighted by Gasteiger charge is 2.43. The smallest absolute Gasteiger partial charge is 0.407 e. The fraction of sp³-hybridized carbons (Fsp3) is 0.321. The van der Waals surface area contributed by atoms with Crippen LogP contribution >= 0.6 is 11.3 Å². The van der Waals surface area contributed by atoms with Crippen molar-refractivity contribution in [1.82, 2.24) is 15.5 Å². The maximum Gasteiger partial charge on any atom is 0.407 e. The minimum absolute atomic E-state index is 0.145. The Kier molecular flexibility index (Phi) is 7.32. The number of amides is 1. The topological polar surface area (TPSA) is 86.5 Å². The lowest BCUT2D eigenvalue weighted by atomic mass is 9.68. The fourth-order valence-corrected chi connectivity index (χ4v) is 5.49. The second-order valence-electron chi connectivity index (χ2n) is 9.03. The molecule has 0 spiro atoms. The summed E-state index contributed by atoms with van der Waals surface area (Å²) in [6, 6.07) is 22.1. The molecule has 0 bridgehead atoms. The number of ether oxygens (including phenoxy) is 2. The van der Waals surface area contributed by atoms with Crippen molar-refractivity contribution < 1.29 is 18.8 Å². The summed E-state index contributed by atoms with van der Waals surface area (Å²) in [7, 11) is 1.65. The van der Waals surface area contributed by atoms with Crippen molar-refractivity contribution >= 4 is 17.4 Å². The van der Waals surface area contributed by atoms with E-state index in [4.69, 9.17) is 19.0 Å². The van der Waals surface area contributed by atoms with Crippen molar-refractivity contribution in [2.45, 2.75) is 50.2 Å². The molecule has 4 aromatic rings. The van der Waals surface area contributed by atoms with E-state index in [-0.39, 0.29) is 17.6 Å². The average molecular weight is 504 g/mol. The third kappa shape index (κ3) is 5.44. The summed E-state index contributed by atoms with van der Waals surface area (Å²) < 4.78 is 16.8. The van der Waals surface area contributed by atoms with Crippen molar-refractivity contribution in [3.63, 3.8) is 0 Å². The minimum atomic E-state index is -0.384. The number of nitrogens with zero attached hydrogens (tertiary/aromatic N) is 2. The van der Waals surface area contributed by atoms with Crippen molar-refractivity contribution in [1.29, 1.82) is 0 Å². The molecule has 2 heterocycles. The molecule has 0 aliphatic heterocycles. The van der Waals surface area contributed by atoms with Crippen LogP contribution in [0.15, 0.2) is 76.6 Å². The van der Waals surface area contributed by atoms with Gasteiger partial charge < -0.3 is 19.3 Å². The van der Waals surface area contributed by atoms with E-state index < -0.39 is 0 Å². The van der Waals surface area contributed by atoms with Gasteiger partial charge in [0.15, 0.2) is 5.82 Å². The van der Waals surface area contributed by atoms with E-state index in [0.29, 0.717) is 24.7 Å². The third-order valence-electron chi connectivity index (χ3n) is 6.76. The number of hydrogen-bond acceptors (Lipinski definition) is 7. The number of rotatable bonds is 8. The molecule has 0 unspecified atom stereocenters. The quantitative estimate of drug-likeness (QED) is 0.323. The first-order valence-corrected chi connectivity index (χ1v) is 13.0. The van der Waals surface area contributed by atoms with Gasteiger partial charge in [0.05, 0.1) is 25.5 Å². The second kappa shape index (κ2) is 11.0. The van der Waals surface area contributed by atoms with E-state index >= 15 is 0 Å². The molecule has 1 N–H and O–H groups in total. The Hall–Kier alpha value is -3.65. The van der Waals surface area contributed by atoms with E-state index in [0.717, 1.165) is 47.4 Å². The van der Waals surface area contributed by atoms with Gasteiger partial charge in [-0.15, -0.1) is 11.3 Å². The molecule has 0 saturated heterocycles. The molecular formula is C28H29N3O4S. The molecule has 5 rings (SSSR count). The standard InChI is InChI=1S/C28H29N3O4S/c1-33-23-10-5-7-20(17-23)18-25-30-26(31-35-25)28(21-8-3-2-4-9-21)14-12-22(13-15-28)34-27(32)29-19-24-11-6-16-36-24/h2-11,16-17,22H,12-15,18-19H2,1H3,(H,29,32). The minimum Gasteiger partial charge on any atom is -0.497 e. The second-order valence-corrected chi connectivity index (χ2v) is 10.1. The normalized spacial score (nSPS) is 19.5. The zero-order chi connectivity index (χ0) is 24.8. The molecule has 8 heteroatoms. The molecule has 2 aromatic carbocycles. The number of benzene rings is 2. The number of alkyl carbamates (subject to hydrolysis) is 1. The number of nitrogens with one attached hydrogen (secondary N) is 1. The van der Waals surface area contributed by atoms with Crippen molar-refractivity contribution in [3.05, 3.63) is 99.8 Å². The number of aromatic nitrogens is 2. The Labute approximate surface area is 214 Å². The van der Waals surface area contributed by atoms with Crippen molar-refractivity contribution in [2.24, 2.45) is 0 Å². The monoisotopic (exact) mass is 503 g/mol. The molecule has 1 saturated carbocycles. The van der Waals surface area contributed by atoms with Gasteiger partial charge in [-0.25, -0.2) is 4.79 Å². The Bertz CT molecular complexity index is 1260. The molecule has 1 amide bonds. The van der Waals surface area contributed by atoms with Crippen LogP contribution in [-0.4, -0.2) is 29.4 Å². The molecule has 0 atom stereocenters. The van der Waals surface area contributed by atoms with Gasteiger partial charge in [0, 0.05) is 4.88 Å². The molecule has 1 fully saturated rings. The first kappa shape index (κ1) is 24.1. The SMILES string of the molecule is COc1cccc(Cc2nc(C3(c4ccccc4)CCC(OC(=O)NCc4cccs4)CC3)no2)c1. The lowest BCUT2D eigenvalue weighted by molar-refractivity contribution is 0.0612. The van der Waals surface area contributed by atoms with E-state index in [1.54, 1.807) is 18.4 Å². The number of methoxy groups -OCH3 is 1. The summed E-state index contributed by atoms with van der Waals surface area (Å²) in [6.45, 7) is 0.482. The van der Waals surface area contributed by atoms with Gasteiger partial charge in [-0.05, 0) is 60.4 Å². The summed E-state index contributed by atoms with van der Waals surface area (Å²) in [4.78, 5) is 18.3. The van der Waals surface area contributed by atoms with Crippen LogP contribution < -0.4 is 10.1 Å². The molecule has 7 nitrogen and oxygen atoms in total. The number of hydrogen-bond donors (Lipinski definition) is 1. The van der Waals surface area contributed by atoms with Crippen molar-refractivity contribution in [2.75, 3.05) is 7.11 Å². The van der Waals surface area contributed by atoms with Gasteiger partial charge >= 0.3 is 6.09 Å². The highest BCUT2D eigenvalue weighted by Crippen LogP contribution is 2.44. The van der Waals surface area contributed by atoms with Gasteiger partial charge in [0.25, 0.3) is 0 Å². The summed E-state index contributed by atoms with van der Waals surface area (Å²) in [6.07, 6.45) is 2.98. The lowest BCUT2D eigenvalue weighted by Crippen LogP contribution is -2.38. The van der Waals surface area contributed by atoms with Crippen LogP contribution in [-0.2, 0) is 23.1 Å². The molecule has 0 radical (unpaired) electrons. The maximum absolute atomic E-state index is 12.4. The van der Waals surface area contributed by atoms with Crippen LogP contribution in [0.3, 0.4) is 0 Å². The van der Waals surface area contributed by atoms with Crippen LogP contribution in [0.1, 0.15) is 53.4 Å². The molecule has 1 aliphatic carbocycles. The van der Waals surface area contributed by atoms with E-state index in [1.807, 2.05) is 60.0 Å². The lowest BCUT2D eigenvalue weighted by Gasteiger charge is -2.38. The van der Waals surface area contributed by atoms with Crippen LogP contribution in [0.4, 0.5) is 4.79 Å². The first-order chi connectivity index (χ1) is 17.6. The van der Waals surface area contributed by atoms with Crippen LogP contribution in [0, 0.1) is 0 Å². The van der Waals surface area contributed by atoms with E-state index in [1.165, 1.54) is 0 Å². The Morgan fingerprint density at radius 2 is 1.94 bits per heavy atom. The molecule has 1 aliphatic rings. The van der Waals surface area contributed by atoms with E-state index in [2.05, 4.69) is 22.6 Å². The largest absolute Gasteiger partial charge is 0.497 e. The van der Waals surface area contributed by atoms with Crippen LogP contribution in [0.2, 0.25) is 0 Å². The fourth-order valence-electron chi connectivity index (χ4n) is 4.84. The summed E-state index contributed by atoms with van der Waals surface area (Å²) in [5, 5.41) is 9.28. The average Bonchev–Trinajstić information content (AvgIpc) is 3.61. The zero-order valence-electron chi connectivity index (χ0n) is 20.2. The Balaban J connectivity index is 1.28. The Morgan fingerprint density at radius 1 is 1.11 bits per heavy atom. The highest BCUT2D eigenvalue weighted by atomic mass is 32.1. The summed E-state index contributed by atoms with van der Waals surface area (Å²) in [5.74, 6) is 2.05. The van der Waals surface area contributed by atoms with Gasteiger partial charge in [-0.1, -0.05) is 53.7 Å². The van der Waals surface area contributed by atoms with Crippen LogP contribution in [0.25, 0.3) is 0 Å². The van der Waals surface area contributed by atoms with E-state index in [9.17, 15) is 4.79 Å². The number of thiophene rings is 1. The molecule has 36 heavy (non-hydrogen) atoms. The van der Waals surface area contributed by atoms with Crippen molar-refractivity contribution in [3.8, 4) is 5.75 Å². The summed E-state index contributed by atoms with van der Waals surface area (Å²) >= 11 is 1.61. The van der Waals surface area contributed by atoms with Gasteiger partial charge in [-0.3, -0.25) is 0 Å². The first-order valence-electron chi connectivity index (χ1n) is 12.1. The highest BCUT2D eigenvalue weighted by molar-refractivity contribution is 7.09. The zero-order valence-corrected chi connectivity index (χ0v) is 21.0. The third-order valence-corrected chi connectivity index (χ3v) is 7.64. The Morgan fingerprint density at radius 3 is 2.69 bits per heavy atom. The van der Waals surface area contributed by atoms with Crippen LogP contribution in [0.5, 0.6) is 5.75 Å². The molecule has 2 aromatic heterocycles. The molecule has 186 valence electrons. The van der Waals surface area contributed by atoms with Gasteiger partial charge in [0.2, 0.25) is 5.89 Å². The predicted octanol–water partition coefficient (Wildman–Crippen LogP) is 5.89. The summed E-state index contributed by atoms with van der Waals surface area (Å²) in [5.41, 5.74) is 1.81. The van der Waals surface area contributed by atoms with Gasteiger partial charge in [0.1, 0.15) is 11.9 Å². The number of carbonyl (C=O) groups excluding carboxylic acids is 1. The maximum atomic E-state index is 12.4. The van der Waals surface area contributed by atoms with Gasteiger partial charge in [-0.2, -0.15) is 4.98 Å².